The molecule has 10 heteroatoms. The van der Waals surface area contributed by atoms with Crippen LogP contribution in [0.5, 0.6) is 0 Å². The van der Waals surface area contributed by atoms with Gasteiger partial charge in [0, 0.05) is 5.56 Å². The van der Waals surface area contributed by atoms with E-state index in [1.54, 1.807) is 32.9 Å². The zero-order chi connectivity index (χ0) is 21.3. The molecule has 0 aliphatic heterocycles. The Morgan fingerprint density at radius 2 is 1.71 bits per heavy atom. The average molecular weight is 426 g/mol. The van der Waals surface area contributed by atoms with Crippen LogP contribution < -0.4 is 15.2 Å². The molecule has 0 spiro atoms. The van der Waals surface area contributed by atoms with Crippen molar-refractivity contribution in [3.63, 3.8) is 0 Å². The van der Waals surface area contributed by atoms with E-state index in [2.05, 4.69) is 10.0 Å². The summed E-state index contributed by atoms with van der Waals surface area (Å²) in [5.74, 6) is -0.482. The zero-order valence-corrected chi connectivity index (χ0v) is 17.6. The molecule has 152 valence electrons. The van der Waals surface area contributed by atoms with Crippen LogP contribution in [0.25, 0.3) is 0 Å². The summed E-state index contributed by atoms with van der Waals surface area (Å²) in [5.41, 5.74) is 1.95. The summed E-state index contributed by atoms with van der Waals surface area (Å²) >= 11 is 0. The second-order valence-electron chi connectivity index (χ2n) is 6.44. The summed E-state index contributed by atoms with van der Waals surface area (Å²) in [6, 6.07) is 8.34. The van der Waals surface area contributed by atoms with Gasteiger partial charge >= 0.3 is 0 Å². The maximum Gasteiger partial charge on any atom is 0.251 e. The fourth-order valence-electron chi connectivity index (χ4n) is 2.67. The number of nitrogens with one attached hydrogen (secondary N) is 2. The van der Waals surface area contributed by atoms with E-state index in [9.17, 15) is 21.6 Å². The quantitative estimate of drug-likeness (QED) is 0.642. The Balaban J connectivity index is 2.36. The first-order valence-electron chi connectivity index (χ1n) is 8.35. The summed E-state index contributed by atoms with van der Waals surface area (Å²) in [7, 11) is -6.28. The van der Waals surface area contributed by atoms with Crippen LogP contribution in [0.4, 0.5) is 0 Å². The molecular formula is C18H23N3O5S2. The van der Waals surface area contributed by atoms with Gasteiger partial charge < -0.3 is 5.32 Å². The van der Waals surface area contributed by atoms with E-state index in [4.69, 9.17) is 5.14 Å². The predicted octanol–water partition coefficient (Wildman–Crippen LogP) is 1.35. The van der Waals surface area contributed by atoms with Crippen molar-refractivity contribution in [1.82, 2.24) is 10.0 Å². The molecule has 0 heterocycles. The SMILES string of the molecule is CNS(=O)(=O)c1cc(C(=O)NC(C)c2cccc(S(N)(=O)=O)c2)cc(C)c1C. The number of benzene rings is 2. The van der Waals surface area contributed by atoms with Crippen molar-refractivity contribution in [1.29, 1.82) is 0 Å². The van der Waals surface area contributed by atoms with Crippen LogP contribution in [-0.4, -0.2) is 29.8 Å². The first-order chi connectivity index (χ1) is 12.9. The number of hydrogen-bond donors (Lipinski definition) is 3. The third-order valence-electron chi connectivity index (χ3n) is 4.47. The summed E-state index contributed by atoms with van der Waals surface area (Å²) in [4.78, 5) is 12.6. The number of hydrogen-bond acceptors (Lipinski definition) is 5. The minimum absolute atomic E-state index is 0.0315. The molecule has 0 saturated heterocycles. The number of sulfonamides is 2. The van der Waals surface area contributed by atoms with Gasteiger partial charge in [-0.3, -0.25) is 4.79 Å². The highest BCUT2D eigenvalue weighted by atomic mass is 32.2. The van der Waals surface area contributed by atoms with Crippen LogP contribution in [0.15, 0.2) is 46.2 Å². The molecule has 28 heavy (non-hydrogen) atoms. The zero-order valence-electron chi connectivity index (χ0n) is 16.0. The Hall–Kier alpha value is -2.27. The highest BCUT2D eigenvalue weighted by Gasteiger charge is 2.20. The lowest BCUT2D eigenvalue weighted by Crippen LogP contribution is -2.28. The van der Waals surface area contributed by atoms with Crippen LogP contribution in [0, 0.1) is 13.8 Å². The minimum atomic E-state index is -3.86. The highest BCUT2D eigenvalue weighted by molar-refractivity contribution is 7.89. The lowest BCUT2D eigenvalue weighted by molar-refractivity contribution is 0.0939. The van der Waals surface area contributed by atoms with Gasteiger partial charge in [-0.15, -0.1) is 0 Å². The largest absolute Gasteiger partial charge is 0.346 e. The Bertz CT molecular complexity index is 1130. The number of amides is 1. The molecule has 4 N–H and O–H groups in total. The molecule has 1 amide bonds. The van der Waals surface area contributed by atoms with Crippen LogP contribution in [0.1, 0.15) is 40.0 Å². The smallest absolute Gasteiger partial charge is 0.251 e. The summed E-state index contributed by atoms with van der Waals surface area (Å²) in [5, 5.41) is 7.89. The normalized spacial score (nSPS) is 13.2. The van der Waals surface area contributed by atoms with Gasteiger partial charge in [0.1, 0.15) is 0 Å². The van der Waals surface area contributed by atoms with E-state index >= 15 is 0 Å². The third-order valence-corrected chi connectivity index (χ3v) is 6.93. The van der Waals surface area contributed by atoms with Crippen molar-refractivity contribution in [2.24, 2.45) is 5.14 Å². The lowest BCUT2D eigenvalue weighted by Gasteiger charge is -2.17. The van der Waals surface area contributed by atoms with Crippen molar-refractivity contribution >= 4 is 26.0 Å². The molecule has 0 fully saturated rings. The van der Waals surface area contributed by atoms with Gasteiger partial charge in [0.2, 0.25) is 20.0 Å². The van der Waals surface area contributed by atoms with Crippen molar-refractivity contribution < 1.29 is 21.6 Å². The number of rotatable bonds is 6. The van der Waals surface area contributed by atoms with E-state index in [0.717, 1.165) is 0 Å². The number of primary sulfonamides is 1. The fraction of sp³-hybridized carbons (Fsp3) is 0.278. The topological polar surface area (TPSA) is 135 Å². The fourth-order valence-corrected chi connectivity index (χ4v) is 4.31. The van der Waals surface area contributed by atoms with Gasteiger partial charge in [-0.2, -0.15) is 0 Å². The van der Waals surface area contributed by atoms with Crippen LogP contribution in [-0.2, 0) is 20.0 Å². The van der Waals surface area contributed by atoms with Crippen molar-refractivity contribution in [2.45, 2.75) is 36.6 Å². The first kappa shape index (κ1) is 22.0. The molecule has 0 radical (unpaired) electrons. The predicted molar refractivity (Wildman–Crippen MR) is 106 cm³/mol. The minimum Gasteiger partial charge on any atom is -0.346 e. The van der Waals surface area contributed by atoms with E-state index < -0.39 is 32.0 Å². The van der Waals surface area contributed by atoms with Gasteiger partial charge in [0.25, 0.3) is 5.91 Å². The van der Waals surface area contributed by atoms with Gasteiger partial charge in [-0.1, -0.05) is 12.1 Å². The van der Waals surface area contributed by atoms with Crippen molar-refractivity contribution in [2.75, 3.05) is 7.05 Å². The highest BCUT2D eigenvalue weighted by Crippen LogP contribution is 2.22. The molecule has 8 nitrogen and oxygen atoms in total. The van der Waals surface area contributed by atoms with Gasteiger partial charge in [0.05, 0.1) is 15.8 Å². The average Bonchev–Trinajstić information content (AvgIpc) is 2.62. The first-order valence-corrected chi connectivity index (χ1v) is 11.4. The third kappa shape index (κ3) is 4.76. The number of carbonyl (C=O) groups excluding carboxylic acids is 1. The Morgan fingerprint density at radius 1 is 1.07 bits per heavy atom. The van der Waals surface area contributed by atoms with E-state index in [1.807, 2.05) is 0 Å². The molecule has 0 saturated carbocycles. The van der Waals surface area contributed by atoms with Crippen LogP contribution >= 0.6 is 0 Å². The Labute approximate surface area is 165 Å². The molecule has 0 aromatic heterocycles. The van der Waals surface area contributed by atoms with E-state index in [-0.39, 0.29) is 15.4 Å². The molecule has 1 unspecified atom stereocenters. The van der Waals surface area contributed by atoms with Crippen LogP contribution in [0.3, 0.4) is 0 Å². The number of nitrogens with two attached hydrogens (primary N) is 1. The van der Waals surface area contributed by atoms with Gasteiger partial charge in [-0.05, 0) is 68.8 Å². The second-order valence-corrected chi connectivity index (χ2v) is 9.85. The molecule has 2 aromatic rings. The molecule has 0 aliphatic rings. The van der Waals surface area contributed by atoms with Crippen molar-refractivity contribution in [3.8, 4) is 0 Å². The molecule has 0 aliphatic carbocycles. The molecule has 2 rings (SSSR count). The molecule has 1 atom stereocenters. The van der Waals surface area contributed by atoms with Crippen molar-refractivity contribution in [3.05, 3.63) is 58.7 Å². The lowest BCUT2D eigenvalue weighted by atomic mass is 10.0. The van der Waals surface area contributed by atoms with E-state index in [0.29, 0.717) is 16.7 Å². The molecule has 0 bridgehead atoms. The molecular weight excluding hydrogens is 402 g/mol. The van der Waals surface area contributed by atoms with E-state index in [1.165, 1.54) is 31.3 Å². The Morgan fingerprint density at radius 3 is 2.29 bits per heavy atom. The van der Waals surface area contributed by atoms with Gasteiger partial charge in [0.15, 0.2) is 0 Å². The monoisotopic (exact) mass is 425 g/mol. The maximum absolute atomic E-state index is 12.7. The standard InChI is InChI=1S/C18H23N3O5S2/c1-11-8-15(10-17(12(11)2)28(25,26)20-4)18(22)21-13(3)14-6-5-7-16(9-14)27(19,23)24/h5-10,13,20H,1-4H3,(H,21,22)(H2,19,23,24). The summed E-state index contributed by atoms with van der Waals surface area (Å²) < 4.78 is 49.7. The molecule has 2 aromatic carbocycles. The number of carbonyl (C=O) groups is 1. The Kier molecular flexibility index (Phi) is 6.29. The second kappa shape index (κ2) is 8.00. The summed E-state index contributed by atoms with van der Waals surface area (Å²) in [6.07, 6.45) is 0. The number of aryl methyl sites for hydroxylation is 1. The van der Waals surface area contributed by atoms with Gasteiger partial charge in [-0.25, -0.2) is 26.7 Å². The maximum atomic E-state index is 12.7. The summed E-state index contributed by atoms with van der Waals surface area (Å²) in [6.45, 7) is 5.08. The van der Waals surface area contributed by atoms with Crippen LogP contribution in [0.2, 0.25) is 0 Å².